The molecule has 0 saturated carbocycles. The molecular formula is C9H8BrFO. The van der Waals surface area contributed by atoms with Crippen LogP contribution in [0.5, 0.6) is 0 Å². The highest BCUT2D eigenvalue weighted by atomic mass is 79.9. The van der Waals surface area contributed by atoms with Gasteiger partial charge in [0.2, 0.25) is 0 Å². The smallest absolute Gasteiger partial charge is 0.160 e. The Labute approximate surface area is 78.7 Å². The van der Waals surface area contributed by atoms with E-state index < -0.39 is 0 Å². The molecule has 0 aliphatic rings. The van der Waals surface area contributed by atoms with Crippen LogP contribution in [0.1, 0.15) is 22.8 Å². The average molecular weight is 231 g/mol. The number of hydrogen-bond acceptors (Lipinski definition) is 1. The summed E-state index contributed by atoms with van der Waals surface area (Å²) in [5.41, 5.74) is 0.840. The number of hydrogen-bond donors (Lipinski definition) is 0. The highest BCUT2D eigenvalue weighted by molar-refractivity contribution is 9.10. The molecular weight excluding hydrogens is 223 g/mol. The van der Waals surface area contributed by atoms with E-state index in [0.717, 1.165) is 0 Å². The largest absolute Gasteiger partial charge is 0.294 e. The summed E-state index contributed by atoms with van der Waals surface area (Å²) >= 11 is 3.12. The van der Waals surface area contributed by atoms with Crippen LogP contribution in [0, 0.1) is 12.7 Å². The molecule has 0 saturated heterocycles. The monoisotopic (exact) mass is 230 g/mol. The fourth-order valence-electron chi connectivity index (χ4n) is 1.01. The minimum absolute atomic E-state index is 0.118. The standard InChI is InChI=1S/C9H8BrFO/c1-5-8(6(2)12)3-7(10)4-9(5)11/h3-4H,1-2H3. The van der Waals surface area contributed by atoms with Crippen molar-refractivity contribution in [3.63, 3.8) is 0 Å². The van der Waals surface area contributed by atoms with E-state index in [-0.39, 0.29) is 11.6 Å². The molecule has 0 bridgehead atoms. The van der Waals surface area contributed by atoms with Gasteiger partial charge in [-0.25, -0.2) is 4.39 Å². The molecule has 0 unspecified atom stereocenters. The van der Waals surface area contributed by atoms with Crippen molar-refractivity contribution < 1.29 is 9.18 Å². The van der Waals surface area contributed by atoms with E-state index in [2.05, 4.69) is 15.9 Å². The molecule has 0 aliphatic heterocycles. The van der Waals surface area contributed by atoms with Crippen molar-refractivity contribution in [2.75, 3.05) is 0 Å². The van der Waals surface area contributed by atoms with Crippen LogP contribution in [-0.4, -0.2) is 5.78 Å². The molecule has 0 amide bonds. The number of carbonyl (C=O) groups is 1. The van der Waals surface area contributed by atoms with Gasteiger partial charge in [-0.1, -0.05) is 15.9 Å². The molecule has 0 heterocycles. The van der Waals surface area contributed by atoms with Gasteiger partial charge in [-0.15, -0.1) is 0 Å². The summed E-state index contributed by atoms with van der Waals surface area (Å²) in [6, 6.07) is 2.97. The zero-order valence-electron chi connectivity index (χ0n) is 6.82. The molecule has 0 spiro atoms. The van der Waals surface area contributed by atoms with Crippen LogP contribution in [0.4, 0.5) is 4.39 Å². The average Bonchev–Trinajstić information content (AvgIpc) is 1.96. The number of rotatable bonds is 1. The normalized spacial score (nSPS) is 10.0. The molecule has 0 N–H and O–H groups in total. The fraction of sp³-hybridized carbons (Fsp3) is 0.222. The Morgan fingerprint density at radius 2 is 2.08 bits per heavy atom. The maximum atomic E-state index is 13.0. The van der Waals surface area contributed by atoms with Gasteiger partial charge in [0.15, 0.2) is 5.78 Å². The SMILES string of the molecule is CC(=O)c1cc(Br)cc(F)c1C. The van der Waals surface area contributed by atoms with Crippen molar-refractivity contribution in [3.8, 4) is 0 Å². The molecule has 1 nitrogen and oxygen atoms in total. The lowest BCUT2D eigenvalue weighted by Crippen LogP contribution is -1.98. The van der Waals surface area contributed by atoms with Gasteiger partial charge in [0.05, 0.1) is 0 Å². The van der Waals surface area contributed by atoms with Gasteiger partial charge in [-0.05, 0) is 31.5 Å². The van der Waals surface area contributed by atoms with Crippen LogP contribution in [0.25, 0.3) is 0 Å². The van der Waals surface area contributed by atoms with Crippen LogP contribution in [0.15, 0.2) is 16.6 Å². The maximum absolute atomic E-state index is 13.0. The van der Waals surface area contributed by atoms with Crippen molar-refractivity contribution in [1.29, 1.82) is 0 Å². The molecule has 12 heavy (non-hydrogen) atoms. The van der Waals surface area contributed by atoms with Crippen molar-refractivity contribution in [1.82, 2.24) is 0 Å². The number of halogens is 2. The summed E-state index contributed by atoms with van der Waals surface area (Å²) in [7, 11) is 0. The summed E-state index contributed by atoms with van der Waals surface area (Å²) in [5.74, 6) is -0.470. The van der Waals surface area contributed by atoms with E-state index in [1.807, 2.05) is 0 Å². The molecule has 0 aliphatic carbocycles. The molecule has 0 fully saturated rings. The van der Waals surface area contributed by atoms with Crippen molar-refractivity contribution in [2.24, 2.45) is 0 Å². The summed E-state index contributed by atoms with van der Waals surface area (Å²) in [5, 5.41) is 0. The second-order valence-electron chi connectivity index (χ2n) is 2.62. The van der Waals surface area contributed by atoms with Gasteiger partial charge in [-0.2, -0.15) is 0 Å². The molecule has 0 atom stereocenters. The molecule has 0 aromatic heterocycles. The highest BCUT2D eigenvalue weighted by Gasteiger charge is 2.08. The summed E-state index contributed by atoms with van der Waals surface area (Å²) < 4.78 is 13.6. The van der Waals surface area contributed by atoms with Crippen LogP contribution in [0.3, 0.4) is 0 Å². The minimum atomic E-state index is -0.352. The Balaban J connectivity index is 3.37. The Bertz CT molecular complexity index is 334. The quantitative estimate of drug-likeness (QED) is 0.678. The van der Waals surface area contributed by atoms with E-state index in [1.165, 1.54) is 13.0 Å². The lowest BCUT2D eigenvalue weighted by molar-refractivity contribution is 0.101. The summed E-state index contributed by atoms with van der Waals surface area (Å²) in [6.07, 6.45) is 0. The van der Waals surface area contributed by atoms with Gasteiger partial charge in [0.1, 0.15) is 5.82 Å². The number of Topliss-reactive ketones (excluding diaryl/α,β-unsaturated/α-hetero) is 1. The van der Waals surface area contributed by atoms with Crippen LogP contribution >= 0.6 is 15.9 Å². The van der Waals surface area contributed by atoms with Gasteiger partial charge < -0.3 is 0 Å². The van der Waals surface area contributed by atoms with Gasteiger partial charge in [0, 0.05) is 10.0 Å². The van der Waals surface area contributed by atoms with E-state index in [4.69, 9.17) is 0 Å². The maximum Gasteiger partial charge on any atom is 0.160 e. The zero-order chi connectivity index (χ0) is 9.30. The third-order valence-corrected chi connectivity index (χ3v) is 2.15. The van der Waals surface area contributed by atoms with Crippen LogP contribution in [-0.2, 0) is 0 Å². The first kappa shape index (κ1) is 9.39. The second-order valence-corrected chi connectivity index (χ2v) is 3.53. The van der Waals surface area contributed by atoms with E-state index >= 15 is 0 Å². The summed E-state index contributed by atoms with van der Waals surface area (Å²) in [4.78, 5) is 11.0. The minimum Gasteiger partial charge on any atom is -0.294 e. The first-order chi connectivity index (χ1) is 5.52. The predicted octanol–water partition coefficient (Wildman–Crippen LogP) is 3.10. The second kappa shape index (κ2) is 3.35. The first-order valence-corrected chi connectivity index (χ1v) is 4.28. The van der Waals surface area contributed by atoms with Gasteiger partial charge in [-0.3, -0.25) is 4.79 Å². The molecule has 1 aromatic carbocycles. The van der Waals surface area contributed by atoms with E-state index in [0.29, 0.717) is 15.6 Å². The topological polar surface area (TPSA) is 17.1 Å². The first-order valence-electron chi connectivity index (χ1n) is 3.49. The third-order valence-electron chi connectivity index (χ3n) is 1.69. The predicted molar refractivity (Wildman–Crippen MR) is 48.8 cm³/mol. The van der Waals surface area contributed by atoms with Gasteiger partial charge >= 0.3 is 0 Å². The number of carbonyl (C=O) groups excluding carboxylic acids is 1. The Morgan fingerprint density at radius 3 is 2.58 bits per heavy atom. The van der Waals surface area contributed by atoms with Crippen LogP contribution in [0.2, 0.25) is 0 Å². The van der Waals surface area contributed by atoms with Crippen molar-refractivity contribution in [2.45, 2.75) is 13.8 Å². The fourth-order valence-corrected chi connectivity index (χ4v) is 1.44. The zero-order valence-corrected chi connectivity index (χ0v) is 8.40. The molecule has 64 valence electrons. The third kappa shape index (κ3) is 1.72. The molecule has 0 radical (unpaired) electrons. The van der Waals surface area contributed by atoms with E-state index in [9.17, 15) is 9.18 Å². The number of ketones is 1. The van der Waals surface area contributed by atoms with Gasteiger partial charge in [0.25, 0.3) is 0 Å². The van der Waals surface area contributed by atoms with Crippen molar-refractivity contribution >= 4 is 21.7 Å². The Hall–Kier alpha value is -0.700. The highest BCUT2D eigenvalue weighted by Crippen LogP contribution is 2.19. The lowest BCUT2D eigenvalue weighted by Gasteiger charge is -2.03. The Morgan fingerprint density at radius 1 is 1.50 bits per heavy atom. The van der Waals surface area contributed by atoms with E-state index in [1.54, 1.807) is 13.0 Å². The summed E-state index contributed by atoms with van der Waals surface area (Å²) in [6.45, 7) is 3.02. The molecule has 1 rings (SSSR count). The Kier molecular flexibility index (Phi) is 2.62. The number of benzene rings is 1. The lowest BCUT2D eigenvalue weighted by atomic mass is 10.1. The van der Waals surface area contributed by atoms with Crippen molar-refractivity contribution in [3.05, 3.63) is 33.5 Å². The molecule has 3 heteroatoms. The van der Waals surface area contributed by atoms with Crippen LogP contribution < -0.4 is 0 Å². The molecule has 1 aromatic rings.